The second-order valence-corrected chi connectivity index (χ2v) is 3.72. The molecule has 0 bridgehead atoms. The van der Waals surface area contributed by atoms with E-state index in [1.807, 2.05) is 0 Å². The van der Waals surface area contributed by atoms with Gasteiger partial charge in [0.2, 0.25) is 0 Å². The summed E-state index contributed by atoms with van der Waals surface area (Å²) in [4.78, 5) is 2.28. The summed E-state index contributed by atoms with van der Waals surface area (Å²) in [5.41, 5.74) is 0.0754. The Kier molecular flexibility index (Phi) is 3.50. The maximum absolute atomic E-state index is 8.73. The van der Waals surface area contributed by atoms with Crippen LogP contribution in [0.5, 0.6) is 0 Å². The van der Waals surface area contributed by atoms with Gasteiger partial charge in [-0.1, -0.05) is 0 Å². The third kappa shape index (κ3) is 2.44. The van der Waals surface area contributed by atoms with Gasteiger partial charge in [0.25, 0.3) is 0 Å². The molecule has 3 heteroatoms. The Morgan fingerprint density at radius 1 is 1.42 bits per heavy atom. The fourth-order valence-electron chi connectivity index (χ4n) is 1.60. The first-order valence-electron chi connectivity index (χ1n) is 4.58. The number of likely N-dealkylation sites (tertiary alicyclic amines) is 1. The zero-order valence-corrected chi connectivity index (χ0v) is 8.05. The SMILES string of the molecule is COC1(C)CCN(CCO)CC1. The molecule has 1 rings (SSSR count). The summed E-state index contributed by atoms with van der Waals surface area (Å²) < 4.78 is 5.42. The van der Waals surface area contributed by atoms with Gasteiger partial charge in [0.05, 0.1) is 12.2 Å². The molecule has 1 fully saturated rings. The number of ether oxygens (including phenoxy) is 1. The van der Waals surface area contributed by atoms with E-state index in [4.69, 9.17) is 9.84 Å². The molecular formula is C9H19NO2. The highest BCUT2D eigenvalue weighted by Gasteiger charge is 2.28. The van der Waals surface area contributed by atoms with E-state index in [0.29, 0.717) is 0 Å². The number of hydrogen-bond donors (Lipinski definition) is 1. The molecule has 12 heavy (non-hydrogen) atoms. The van der Waals surface area contributed by atoms with Gasteiger partial charge in [-0.25, -0.2) is 0 Å². The molecule has 1 saturated heterocycles. The Morgan fingerprint density at radius 3 is 2.42 bits per heavy atom. The summed E-state index contributed by atoms with van der Waals surface area (Å²) in [6.07, 6.45) is 2.15. The maximum atomic E-state index is 8.73. The Bertz CT molecular complexity index is 130. The van der Waals surface area contributed by atoms with Crippen LogP contribution in [0.4, 0.5) is 0 Å². The van der Waals surface area contributed by atoms with Crippen LogP contribution in [0.15, 0.2) is 0 Å². The number of methoxy groups -OCH3 is 1. The van der Waals surface area contributed by atoms with Crippen LogP contribution in [0.25, 0.3) is 0 Å². The highest BCUT2D eigenvalue weighted by Crippen LogP contribution is 2.24. The molecule has 1 N–H and O–H groups in total. The molecule has 0 spiro atoms. The van der Waals surface area contributed by atoms with Gasteiger partial charge in [-0.3, -0.25) is 0 Å². The lowest BCUT2D eigenvalue weighted by atomic mass is 9.93. The van der Waals surface area contributed by atoms with Gasteiger partial charge in [-0.2, -0.15) is 0 Å². The fraction of sp³-hybridized carbons (Fsp3) is 1.00. The molecule has 1 heterocycles. The molecule has 3 nitrogen and oxygen atoms in total. The van der Waals surface area contributed by atoms with E-state index in [1.54, 1.807) is 7.11 Å². The minimum atomic E-state index is 0.0754. The number of aliphatic hydroxyl groups is 1. The van der Waals surface area contributed by atoms with Crippen LogP contribution in [0, 0.1) is 0 Å². The molecule has 0 aliphatic carbocycles. The fourth-order valence-corrected chi connectivity index (χ4v) is 1.60. The second kappa shape index (κ2) is 4.21. The monoisotopic (exact) mass is 173 g/mol. The van der Waals surface area contributed by atoms with Crippen molar-refractivity contribution in [2.45, 2.75) is 25.4 Å². The zero-order chi connectivity index (χ0) is 9.03. The largest absolute Gasteiger partial charge is 0.395 e. The highest BCUT2D eigenvalue weighted by atomic mass is 16.5. The predicted octanol–water partition coefficient (Wildman–Crippen LogP) is 0.480. The van der Waals surface area contributed by atoms with E-state index in [9.17, 15) is 0 Å². The molecule has 0 amide bonds. The van der Waals surface area contributed by atoms with E-state index in [1.165, 1.54) is 0 Å². The lowest BCUT2D eigenvalue weighted by molar-refractivity contribution is -0.0444. The summed E-state index contributed by atoms with van der Waals surface area (Å²) in [7, 11) is 1.78. The first kappa shape index (κ1) is 9.96. The molecule has 72 valence electrons. The molecule has 0 unspecified atom stereocenters. The minimum Gasteiger partial charge on any atom is -0.395 e. The van der Waals surface area contributed by atoms with Gasteiger partial charge in [-0.15, -0.1) is 0 Å². The summed E-state index contributed by atoms with van der Waals surface area (Å²) in [5.74, 6) is 0. The normalized spacial score (nSPS) is 24.2. The van der Waals surface area contributed by atoms with Gasteiger partial charge in [0, 0.05) is 26.7 Å². The van der Waals surface area contributed by atoms with Crippen LogP contribution in [-0.4, -0.2) is 49.0 Å². The first-order valence-corrected chi connectivity index (χ1v) is 4.58. The average molecular weight is 173 g/mol. The Balaban J connectivity index is 2.29. The predicted molar refractivity (Wildman–Crippen MR) is 48.2 cm³/mol. The molecule has 1 aliphatic heterocycles. The van der Waals surface area contributed by atoms with Crippen LogP contribution in [0.3, 0.4) is 0 Å². The van der Waals surface area contributed by atoms with Crippen LogP contribution >= 0.6 is 0 Å². The molecule has 0 aromatic rings. The van der Waals surface area contributed by atoms with E-state index in [0.717, 1.165) is 32.5 Å². The van der Waals surface area contributed by atoms with Crippen molar-refractivity contribution in [3.63, 3.8) is 0 Å². The second-order valence-electron chi connectivity index (χ2n) is 3.72. The topological polar surface area (TPSA) is 32.7 Å². The van der Waals surface area contributed by atoms with Crippen molar-refractivity contribution < 1.29 is 9.84 Å². The number of β-amino-alcohol motifs (C(OH)–C–C–N with tert-alkyl or cyclic N) is 1. The number of hydrogen-bond acceptors (Lipinski definition) is 3. The van der Waals surface area contributed by atoms with Gasteiger partial charge >= 0.3 is 0 Å². The lowest BCUT2D eigenvalue weighted by Crippen LogP contribution is -2.44. The molecule has 0 saturated carbocycles. The van der Waals surface area contributed by atoms with Crippen LogP contribution in [0.2, 0.25) is 0 Å². The van der Waals surface area contributed by atoms with Gasteiger partial charge in [0.15, 0.2) is 0 Å². The number of rotatable bonds is 3. The van der Waals surface area contributed by atoms with Crippen molar-refractivity contribution in [3.05, 3.63) is 0 Å². The smallest absolute Gasteiger partial charge is 0.0675 e. The number of piperidine rings is 1. The van der Waals surface area contributed by atoms with E-state index in [2.05, 4.69) is 11.8 Å². The van der Waals surface area contributed by atoms with Crippen molar-refractivity contribution in [1.82, 2.24) is 4.90 Å². The first-order chi connectivity index (χ1) is 5.70. The highest BCUT2D eigenvalue weighted by molar-refractivity contribution is 4.82. The number of aliphatic hydroxyl groups excluding tert-OH is 1. The van der Waals surface area contributed by atoms with Crippen molar-refractivity contribution in [2.75, 3.05) is 33.4 Å². The van der Waals surface area contributed by atoms with E-state index in [-0.39, 0.29) is 12.2 Å². The molecule has 0 aromatic carbocycles. The molecule has 0 atom stereocenters. The van der Waals surface area contributed by atoms with Crippen LogP contribution < -0.4 is 0 Å². The van der Waals surface area contributed by atoms with Gasteiger partial charge in [0.1, 0.15) is 0 Å². The molecule has 1 aliphatic rings. The lowest BCUT2D eigenvalue weighted by Gasteiger charge is -2.38. The third-order valence-corrected chi connectivity index (χ3v) is 2.82. The summed E-state index contributed by atoms with van der Waals surface area (Å²) in [6, 6.07) is 0. The van der Waals surface area contributed by atoms with Crippen LogP contribution in [0.1, 0.15) is 19.8 Å². The number of nitrogens with zero attached hydrogens (tertiary/aromatic N) is 1. The third-order valence-electron chi connectivity index (χ3n) is 2.82. The van der Waals surface area contributed by atoms with Crippen molar-refractivity contribution in [2.24, 2.45) is 0 Å². The summed E-state index contributed by atoms with van der Waals surface area (Å²) >= 11 is 0. The zero-order valence-electron chi connectivity index (χ0n) is 8.05. The van der Waals surface area contributed by atoms with Crippen molar-refractivity contribution in [3.8, 4) is 0 Å². The Labute approximate surface area is 74.3 Å². The van der Waals surface area contributed by atoms with Gasteiger partial charge in [-0.05, 0) is 19.8 Å². The van der Waals surface area contributed by atoms with E-state index < -0.39 is 0 Å². The maximum Gasteiger partial charge on any atom is 0.0675 e. The van der Waals surface area contributed by atoms with E-state index >= 15 is 0 Å². The average Bonchev–Trinajstić information content (AvgIpc) is 2.10. The Morgan fingerprint density at radius 2 is 2.00 bits per heavy atom. The minimum absolute atomic E-state index is 0.0754. The van der Waals surface area contributed by atoms with Gasteiger partial charge < -0.3 is 14.7 Å². The summed E-state index contributed by atoms with van der Waals surface area (Å²) in [6.45, 7) is 5.32. The standard InChI is InChI=1S/C9H19NO2/c1-9(12-2)3-5-10(6-4-9)7-8-11/h11H,3-8H2,1-2H3. The van der Waals surface area contributed by atoms with Crippen molar-refractivity contribution in [1.29, 1.82) is 0 Å². The molecular weight excluding hydrogens is 154 g/mol. The van der Waals surface area contributed by atoms with Crippen molar-refractivity contribution >= 4 is 0 Å². The molecule has 0 aromatic heterocycles. The quantitative estimate of drug-likeness (QED) is 0.674. The summed E-state index contributed by atoms with van der Waals surface area (Å²) in [5, 5.41) is 8.73. The Hall–Kier alpha value is -0.120. The molecule has 0 radical (unpaired) electrons. The van der Waals surface area contributed by atoms with Crippen LogP contribution in [-0.2, 0) is 4.74 Å².